The molecule has 0 heterocycles. The van der Waals surface area contributed by atoms with Gasteiger partial charge in [-0.15, -0.1) is 0 Å². The van der Waals surface area contributed by atoms with Gasteiger partial charge < -0.3 is 10.1 Å². The van der Waals surface area contributed by atoms with E-state index in [0.717, 1.165) is 19.4 Å². The van der Waals surface area contributed by atoms with Crippen LogP contribution in [0.3, 0.4) is 0 Å². The van der Waals surface area contributed by atoms with Crippen LogP contribution in [0.25, 0.3) is 0 Å². The zero-order valence-electron chi connectivity index (χ0n) is 10.2. The standard InChI is InChI=1S/C14H21NO/c1-12(16)8-6-7-11-15-13(2)14-9-4-3-5-10-14/h3-5,9-10,13,15H,6-8,11H2,1-2H3. The van der Waals surface area contributed by atoms with E-state index in [1.54, 1.807) is 6.92 Å². The van der Waals surface area contributed by atoms with Gasteiger partial charge >= 0.3 is 0 Å². The minimum atomic E-state index is 0.288. The number of carbonyl (C=O) groups excluding carboxylic acids is 1. The fraction of sp³-hybridized carbons (Fsp3) is 0.500. The van der Waals surface area contributed by atoms with Crippen LogP contribution in [0, 0.1) is 0 Å². The molecule has 0 aliphatic carbocycles. The van der Waals surface area contributed by atoms with Crippen LogP contribution in [0.5, 0.6) is 0 Å². The molecular weight excluding hydrogens is 198 g/mol. The summed E-state index contributed by atoms with van der Waals surface area (Å²) >= 11 is 0. The van der Waals surface area contributed by atoms with Crippen molar-refractivity contribution in [2.45, 2.75) is 39.2 Å². The summed E-state index contributed by atoms with van der Waals surface area (Å²) in [6.45, 7) is 4.80. The van der Waals surface area contributed by atoms with Gasteiger partial charge in [-0.3, -0.25) is 0 Å². The van der Waals surface area contributed by atoms with Gasteiger partial charge in [-0.1, -0.05) is 30.3 Å². The third kappa shape index (κ3) is 5.08. The van der Waals surface area contributed by atoms with Crippen molar-refractivity contribution in [1.29, 1.82) is 0 Å². The summed E-state index contributed by atoms with van der Waals surface area (Å²) < 4.78 is 0. The van der Waals surface area contributed by atoms with E-state index >= 15 is 0 Å². The largest absolute Gasteiger partial charge is 0.310 e. The van der Waals surface area contributed by atoms with Crippen LogP contribution in [-0.4, -0.2) is 12.3 Å². The second kappa shape index (κ2) is 7.18. The van der Waals surface area contributed by atoms with Crippen molar-refractivity contribution in [3.05, 3.63) is 35.9 Å². The third-order valence-electron chi connectivity index (χ3n) is 2.71. The molecule has 1 rings (SSSR count). The molecule has 88 valence electrons. The average molecular weight is 219 g/mol. The van der Waals surface area contributed by atoms with Crippen molar-refractivity contribution >= 4 is 5.78 Å². The lowest BCUT2D eigenvalue weighted by Crippen LogP contribution is -2.19. The lowest BCUT2D eigenvalue weighted by molar-refractivity contribution is -0.117. The number of unbranched alkanes of at least 4 members (excludes halogenated alkanes) is 1. The first-order valence-corrected chi connectivity index (χ1v) is 5.98. The number of Topliss-reactive ketones (excluding diaryl/α,β-unsaturated/α-hetero) is 1. The van der Waals surface area contributed by atoms with E-state index in [1.165, 1.54) is 5.56 Å². The highest BCUT2D eigenvalue weighted by atomic mass is 16.1. The Bertz CT molecular complexity index is 308. The predicted octanol–water partition coefficient (Wildman–Crippen LogP) is 3.10. The molecule has 2 heteroatoms. The van der Waals surface area contributed by atoms with Crippen molar-refractivity contribution in [3.63, 3.8) is 0 Å². The van der Waals surface area contributed by atoms with E-state index in [1.807, 2.05) is 6.07 Å². The molecule has 0 amide bonds. The van der Waals surface area contributed by atoms with Crippen LogP contribution in [0.1, 0.15) is 44.7 Å². The van der Waals surface area contributed by atoms with Gasteiger partial charge in [0.2, 0.25) is 0 Å². The molecule has 1 aromatic carbocycles. The Hall–Kier alpha value is -1.15. The van der Waals surface area contributed by atoms with Crippen molar-refractivity contribution < 1.29 is 4.79 Å². The van der Waals surface area contributed by atoms with Crippen LogP contribution in [0.2, 0.25) is 0 Å². The van der Waals surface area contributed by atoms with Crippen molar-refractivity contribution in [3.8, 4) is 0 Å². The Morgan fingerprint density at radius 3 is 2.56 bits per heavy atom. The predicted molar refractivity (Wildman–Crippen MR) is 67.4 cm³/mol. The molecule has 0 aliphatic rings. The summed E-state index contributed by atoms with van der Waals surface area (Å²) in [7, 11) is 0. The van der Waals surface area contributed by atoms with Gasteiger partial charge in [-0.05, 0) is 38.8 Å². The Morgan fingerprint density at radius 1 is 1.25 bits per heavy atom. The van der Waals surface area contributed by atoms with Gasteiger partial charge in [0.1, 0.15) is 5.78 Å². The topological polar surface area (TPSA) is 29.1 Å². The van der Waals surface area contributed by atoms with Gasteiger partial charge in [0, 0.05) is 12.5 Å². The van der Waals surface area contributed by atoms with Crippen LogP contribution >= 0.6 is 0 Å². The van der Waals surface area contributed by atoms with Crippen molar-refractivity contribution in [2.75, 3.05) is 6.54 Å². The van der Waals surface area contributed by atoms with Gasteiger partial charge in [0.05, 0.1) is 0 Å². The number of carbonyl (C=O) groups is 1. The monoisotopic (exact) mass is 219 g/mol. The first-order valence-electron chi connectivity index (χ1n) is 5.98. The first-order chi connectivity index (χ1) is 7.70. The number of hydrogen-bond acceptors (Lipinski definition) is 2. The molecule has 0 saturated heterocycles. The summed E-state index contributed by atoms with van der Waals surface area (Å²) in [5, 5.41) is 3.46. The Kier molecular flexibility index (Phi) is 5.79. The SMILES string of the molecule is CC(=O)CCCCNC(C)c1ccccc1. The molecule has 2 nitrogen and oxygen atoms in total. The summed E-state index contributed by atoms with van der Waals surface area (Å²) in [6.07, 6.45) is 2.77. The van der Waals surface area contributed by atoms with Crippen LogP contribution in [0.4, 0.5) is 0 Å². The van der Waals surface area contributed by atoms with E-state index in [2.05, 4.69) is 36.5 Å². The van der Waals surface area contributed by atoms with Crippen LogP contribution < -0.4 is 5.32 Å². The van der Waals surface area contributed by atoms with Crippen LogP contribution in [-0.2, 0) is 4.79 Å². The molecule has 0 radical (unpaired) electrons. The van der Waals surface area contributed by atoms with E-state index in [0.29, 0.717) is 12.5 Å². The smallest absolute Gasteiger partial charge is 0.129 e. The summed E-state index contributed by atoms with van der Waals surface area (Å²) in [5.41, 5.74) is 1.31. The number of rotatable bonds is 7. The minimum Gasteiger partial charge on any atom is -0.310 e. The van der Waals surface area contributed by atoms with Crippen LogP contribution in [0.15, 0.2) is 30.3 Å². The zero-order valence-corrected chi connectivity index (χ0v) is 10.2. The molecule has 0 spiro atoms. The molecule has 0 fully saturated rings. The third-order valence-corrected chi connectivity index (χ3v) is 2.71. The molecule has 1 unspecified atom stereocenters. The fourth-order valence-electron chi connectivity index (χ4n) is 1.68. The molecular formula is C14H21NO. The quantitative estimate of drug-likeness (QED) is 0.714. The molecule has 0 saturated carbocycles. The molecule has 0 aliphatic heterocycles. The zero-order chi connectivity index (χ0) is 11.8. The molecule has 0 bridgehead atoms. The summed E-state index contributed by atoms with van der Waals surface area (Å²) in [5.74, 6) is 0.288. The normalized spacial score (nSPS) is 12.4. The lowest BCUT2D eigenvalue weighted by Gasteiger charge is -2.13. The van der Waals surface area contributed by atoms with E-state index in [-0.39, 0.29) is 5.78 Å². The second-order valence-corrected chi connectivity index (χ2v) is 4.25. The van der Waals surface area contributed by atoms with Gasteiger partial charge in [-0.25, -0.2) is 0 Å². The van der Waals surface area contributed by atoms with E-state index < -0.39 is 0 Å². The molecule has 1 atom stereocenters. The first kappa shape index (κ1) is 12.9. The maximum Gasteiger partial charge on any atom is 0.129 e. The number of hydrogen-bond donors (Lipinski definition) is 1. The Morgan fingerprint density at radius 2 is 1.94 bits per heavy atom. The van der Waals surface area contributed by atoms with E-state index in [9.17, 15) is 4.79 Å². The van der Waals surface area contributed by atoms with E-state index in [4.69, 9.17) is 0 Å². The number of benzene rings is 1. The van der Waals surface area contributed by atoms with Gasteiger partial charge in [-0.2, -0.15) is 0 Å². The fourth-order valence-corrected chi connectivity index (χ4v) is 1.68. The Balaban J connectivity index is 2.16. The molecule has 1 N–H and O–H groups in total. The summed E-state index contributed by atoms with van der Waals surface area (Å²) in [4.78, 5) is 10.7. The maximum atomic E-state index is 10.7. The number of ketones is 1. The number of nitrogens with one attached hydrogen (secondary N) is 1. The van der Waals surface area contributed by atoms with Gasteiger partial charge in [0.25, 0.3) is 0 Å². The average Bonchev–Trinajstić information content (AvgIpc) is 2.29. The van der Waals surface area contributed by atoms with Crippen molar-refractivity contribution in [1.82, 2.24) is 5.32 Å². The molecule has 0 aromatic heterocycles. The summed E-state index contributed by atoms with van der Waals surface area (Å²) in [6, 6.07) is 10.8. The van der Waals surface area contributed by atoms with Gasteiger partial charge in [0.15, 0.2) is 0 Å². The maximum absolute atomic E-state index is 10.7. The lowest BCUT2D eigenvalue weighted by atomic mass is 10.1. The second-order valence-electron chi connectivity index (χ2n) is 4.25. The van der Waals surface area contributed by atoms with Crippen molar-refractivity contribution in [2.24, 2.45) is 0 Å². The Labute approximate surface area is 98.1 Å². The minimum absolute atomic E-state index is 0.288. The molecule has 16 heavy (non-hydrogen) atoms. The highest BCUT2D eigenvalue weighted by molar-refractivity contribution is 5.75. The highest BCUT2D eigenvalue weighted by Gasteiger charge is 2.02. The molecule has 1 aromatic rings. The highest BCUT2D eigenvalue weighted by Crippen LogP contribution is 2.10.